The normalized spacial score (nSPS) is 23.3. The highest BCUT2D eigenvalue weighted by Gasteiger charge is 2.54. The Kier molecular flexibility index (Phi) is 6.40. The van der Waals surface area contributed by atoms with Crippen LogP contribution in [0.3, 0.4) is 0 Å². The minimum absolute atomic E-state index is 0.0178. The van der Waals surface area contributed by atoms with Crippen LogP contribution in [0.5, 0.6) is 0 Å². The third-order valence-electron chi connectivity index (χ3n) is 8.92. The second kappa shape index (κ2) is 9.54. The van der Waals surface area contributed by atoms with Gasteiger partial charge < -0.3 is 14.7 Å². The van der Waals surface area contributed by atoms with Crippen molar-refractivity contribution in [3.05, 3.63) is 69.9 Å². The molecule has 0 radical (unpaired) electrons. The molecule has 1 aromatic carbocycles. The summed E-state index contributed by atoms with van der Waals surface area (Å²) in [5, 5.41) is 0.646. The molecular weight excluding hydrogens is 524 g/mol. The molecule has 1 unspecified atom stereocenters. The number of aromatic nitrogens is 2. The van der Waals surface area contributed by atoms with Gasteiger partial charge in [-0.2, -0.15) is 0 Å². The van der Waals surface area contributed by atoms with Crippen LogP contribution in [-0.2, 0) is 10.2 Å². The van der Waals surface area contributed by atoms with Crippen molar-refractivity contribution in [1.82, 2.24) is 24.7 Å². The van der Waals surface area contributed by atoms with E-state index in [0.717, 1.165) is 25.1 Å². The molecule has 1 atom stereocenters. The molecule has 6 rings (SSSR count). The van der Waals surface area contributed by atoms with E-state index in [0.29, 0.717) is 54.1 Å². The lowest BCUT2D eigenvalue weighted by Gasteiger charge is -2.53. The van der Waals surface area contributed by atoms with Gasteiger partial charge in [-0.3, -0.25) is 9.59 Å². The smallest absolute Gasteiger partial charge is 0.257 e. The van der Waals surface area contributed by atoms with E-state index in [-0.39, 0.29) is 30.1 Å². The minimum atomic E-state index is -2.71. The molecule has 4 heterocycles. The molecule has 206 valence electrons. The lowest BCUT2D eigenvalue weighted by molar-refractivity contribution is -0.166. The maximum absolute atomic E-state index is 13.4. The number of halogens is 3. The Morgan fingerprint density at radius 3 is 2.44 bits per heavy atom. The third-order valence-corrected chi connectivity index (χ3v) is 9.16. The summed E-state index contributed by atoms with van der Waals surface area (Å²) in [4.78, 5) is 40.4. The molecule has 39 heavy (non-hydrogen) atoms. The molecule has 7 nitrogen and oxygen atoms in total. The molecule has 3 aliphatic heterocycles. The quantitative estimate of drug-likeness (QED) is 0.533. The highest BCUT2D eigenvalue weighted by Crippen LogP contribution is 2.46. The van der Waals surface area contributed by atoms with Gasteiger partial charge in [0.1, 0.15) is 6.33 Å². The van der Waals surface area contributed by atoms with E-state index >= 15 is 0 Å². The van der Waals surface area contributed by atoms with Crippen LogP contribution in [0.2, 0.25) is 5.02 Å². The molecule has 0 N–H and O–H groups in total. The van der Waals surface area contributed by atoms with E-state index in [1.165, 1.54) is 11.9 Å². The molecular formula is C29H32ClF2N5O2. The summed E-state index contributed by atoms with van der Waals surface area (Å²) in [6.07, 6.45) is 3.80. The zero-order valence-electron chi connectivity index (χ0n) is 22.2. The molecule has 1 saturated carbocycles. The number of carbonyl (C=O) groups is 2. The van der Waals surface area contributed by atoms with Crippen LogP contribution < -0.4 is 0 Å². The number of hydrogen-bond donors (Lipinski definition) is 0. The Bertz CT molecular complexity index is 1330. The Labute approximate surface area is 231 Å². The fourth-order valence-corrected chi connectivity index (χ4v) is 6.85. The number of aryl methyl sites for hydroxylation is 2. The highest BCUT2D eigenvalue weighted by atomic mass is 35.5. The molecule has 0 spiro atoms. The van der Waals surface area contributed by atoms with Gasteiger partial charge >= 0.3 is 0 Å². The summed E-state index contributed by atoms with van der Waals surface area (Å²) >= 11 is 6.32. The summed E-state index contributed by atoms with van der Waals surface area (Å²) in [7, 11) is 0. The van der Waals surface area contributed by atoms with Gasteiger partial charge in [-0.15, -0.1) is 0 Å². The van der Waals surface area contributed by atoms with Crippen LogP contribution in [0.25, 0.3) is 0 Å². The van der Waals surface area contributed by atoms with E-state index < -0.39 is 11.8 Å². The fourth-order valence-electron chi connectivity index (χ4n) is 6.66. The molecule has 4 aliphatic rings. The average molecular weight is 556 g/mol. The van der Waals surface area contributed by atoms with Crippen molar-refractivity contribution in [2.24, 2.45) is 11.8 Å². The number of alkyl halides is 2. The first kappa shape index (κ1) is 26.2. The molecule has 0 bridgehead atoms. The van der Waals surface area contributed by atoms with Crippen molar-refractivity contribution in [3.63, 3.8) is 0 Å². The molecule has 1 aliphatic carbocycles. The van der Waals surface area contributed by atoms with E-state index in [2.05, 4.69) is 21.1 Å². The zero-order chi connectivity index (χ0) is 27.5. The van der Waals surface area contributed by atoms with Crippen LogP contribution in [0.4, 0.5) is 8.78 Å². The molecule has 2 aromatic rings. The van der Waals surface area contributed by atoms with Crippen molar-refractivity contribution in [3.8, 4) is 0 Å². The predicted octanol–water partition coefficient (Wildman–Crippen LogP) is 4.23. The first-order valence-electron chi connectivity index (χ1n) is 13.5. The molecule has 10 heteroatoms. The third kappa shape index (κ3) is 4.79. The zero-order valence-corrected chi connectivity index (χ0v) is 22.9. The summed E-state index contributed by atoms with van der Waals surface area (Å²) < 4.78 is 26.7. The highest BCUT2D eigenvalue weighted by molar-refractivity contribution is 6.30. The number of fused-ring (bicyclic) bond motifs is 1. The summed E-state index contributed by atoms with van der Waals surface area (Å²) in [5.41, 5.74) is 4.07. The molecule has 2 amide bonds. The van der Waals surface area contributed by atoms with Crippen LogP contribution in [0, 0.1) is 25.7 Å². The molecule has 1 aromatic heterocycles. The van der Waals surface area contributed by atoms with Gasteiger partial charge in [0.25, 0.3) is 5.91 Å². The predicted molar refractivity (Wildman–Crippen MR) is 143 cm³/mol. The number of likely N-dealkylation sites (tertiary alicyclic amines) is 2. The lowest BCUT2D eigenvalue weighted by atomic mass is 9.69. The first-order valence-corrected chi connectivity index (χ1v) is 13.9. The van der Waals surface area contributed by atoms with Crippen molar-refractivity contribution >= 4 is 23.4 Å². The van der Waals surface area contributed by atoms with Gasteiger partial charge in [0, 0.05) is 80.6 Å². The Balaban J connectivity index is 1.10. The van der Waals surface area contributed by atoms with E-state index in [1.807, 2.05) is 43.0 Å². The SMILES string of the molecule is Cc1ncnc(C)c1C(=O)N1CC2=CN(CCC3(c4cccc(Cl)c4)CN(C(=O)C4CC(F)(F)C4)C3)CC2C1. The Morgan fingerprint density at radius 2 is 1.79 bits per heavy atom. The standard InChI is InChI=1S/C29H32ClF2N5O2/c1-18-25(19(2)34-17-33-18)27(39)36-13-21-11-35(12-22(21)14-36)7-6-28(23-4-3-5-24(30)8-23)15-37(16-28)26(38)20-9-29(31,32)10-20/h3-5,8,11,17,20,22H,6-7,9-10,12-16H2,1-2H3. The maximum atomic E-state index is 13.4. The van der Waals surface area contributed by atoms with Gasteiger partial charge in [-0.25, -0.2) is 18.7 Å². The Morgan fingerprint density at radius 1 is 1.08 bits per heavy atom. The van der Waals surface area contributed by atoms with Gasteiger partial charge in [0.15, 0.2) is 0 Å². The number of nitrogens with zero attached hydrogens (tertiary/aromatic N) is 5. The molecule has 2 saturated heterocycles. The second-order valence-corrected chi connectivity index (χ2v) is 12.1. The van der Waals surface area contributed by atoms with Gasteiger partial charge in [0.05, 0.1) is 17.0 Å². The van der Waals surface area contributed by atoms with Crippen molar-refractivity contribution in [2.75, 3.05) is 39.3 Å². The van der Waals surface area contributed by atoms with Crippen molar-refractivity contribution < 1.29 is 18.4 Å². The Hall–Kier alpha value is -3.07. The van der Waals surface area contributed by atoms with Crippen LogP contribution >= 0.6 is 11.6 Å². The summed E-state index contributed by atoms with van der Waals surface area (Å²) in [6, 6.07) is 7.76. The fraction of sp³-hybridized carbons (Fsp3) is 0.517. The van der Waals surface area contributed by atoms with Gasteiger partial charge in [-0.1, -0.05) is 23.7 Å². The lowest BCUT2D eigenvalue weighted by Crippen LogP contribution is -2.64. The minimum Gasteiger partial charge on any atom is -0.377 e. The monoisotopic (exact) mass is 555 g/mol. The summed E-state index contributed by atoms with van der Waals surface area (Å²) in [5.74, 6) is -3.16. The van der Waals surface area contributed by atoms with E-state index in [9.17, 15) is 18.4 Å². The number of carbonyl (C=O) groups excluding carboxylic acids is 2. The number of benzene rings is 1. The van der Waals surface area contributed by atoms with Crippen LogP contribution in [-0.4, -0.2) is 81.7 Å². The van der Waals surface area contributed by atoms with Crippen molar-refractivity contribution in [1.29, 1.82) is 0 Å². The maximum Gasteiger partial charge on any atom is 0.257 e. The van der Waals surface area contributed by atoms with E-state index in [1.54, 1.807) is 4.90 Å². The average Bonchev–Trinajstić information content (AvgIpc) is 3.40. The van der Waals surface area contributed by atoms with Crippen LogP contribution in [0.15, 0.2) is 42.4 Å². The number of rotatable bonds is 6. The molecule has 3 fully saturated rings. The topological polar surface area (TPSA) is 69.6 Å². The van der Waals surface area contributed by atoms with Gasteiger partial charge in [-0.05, 0) is 43.5 Å². The summed E-state index contributed by atoms with van der Waals surface area (Å²) in [6.45, 7) is 7.62. The van der Waals surface area contributed by atoms with E-state index in [4.69, 9.17) is 11.6 Å². The van der Waals surface area contributed by atoms with Crippen LogP contribution in [0.1, 0.15) is 46.6 Å². The van der Waals surface area contributed by atoms with Crippen molar-refractivity contribution in [2.45, 2.75) is 44.4 Å². The van der Waals surface area contributed by atoms with Gasteiger partial charge in [0.2, 0.25) is 11.8 Å². The number of hydrogen-bond acceptors (Lipinski definition) is 5. The first-order chi connectivity index (χ1) is 18.5. The largest absolute Gasteiger partial charge is 0.377 e. The second-order valence-electron chi connectivity index (χ2n) is 11.7. The number of amides is 2.